The van der Waals surface area contributed by atoms with E-state index in [1.807, 2.05) is 5.38 Å². The number of benzene rings is 1. The SMILES string of the molecule is CCOC(=O)c1cc(-c2ccc(/C=N\NC(=O)c3cccs3)o2)ccc1Cl. The number of hydrazone groups is 1. The quantitative estimate of drug-likeness (QED) is 0.371. The van der Waals surface area contributed by atoms with Crippen LogP contribution in [0.25, 0.3) is 11.3 Å². The van der Waals surface area contributed by atoms with E-state index in [1.165, 1.54) is 17.6 Å². The largest absolute Gasteiger partial charge is 0.462 e. The summed E-state index contributed by atoms with van der Waals surface area (Å²) in [6.45, 7) is 1.99. The molecular formula is C19H15ClN2O4S. The van der Waals surface area contributed by atoms with E-state index in [1.54, 1.807) is 49.4 Å². The van der Waals surface area contributed by atoms with Gasteiger partial charge in [0.25, 0.3) is 5.91 Å². The highest BCUT2D eigenvalue weighted by atomic mass is 35.5. The van der Waals surface area contributed by atoms with Crippen molar-refractivity contribution in [3.05, 3.63) is 69.1 Å². The van der Waals surface area contributed by atoms with Gasteiger partial charge in [-0.1, -0.05) is 17.7 Å². The van der Waals surface area contributed by atoms with Crippen molar-refractivity contribution in [1.29, 1.82) is 0 Å². The zero-order valence-corrected chi connectivity index (χ0v) is 15.8. The average molecular weight is 403 g/mol. The van der Waals surface area contributed by atoms with Crippen LogP contribution >= 0.6 is 22.9 Å². The number of ether oxygens (including phenoxy) is 1. The molecule has 138 valence electrons. The van der Waals surface area contributed by atoms with Crippen molar-refractivity contribution in [2.24, 2.45) is 5.10 Å². The van der Waals surface area contributed by atoms with Crippen molar-refractivity contribution in [2.45, 2.75) is 6.92 Å². The lowest BCUT2D eigenvalue weighted by Gasteiger charge is -2.05. The number of nitrogens with one attached hydrogen (secondary N) is 1. The lowest BCUT2D eigenvalue weighted by atomic mass is 10.1. The van der Waals surface area contributed by atoms with E-state index in [0.717, 1.165) is 0 Å². The van der Waals surface area contributed by atoms with Gasteiger partial charge in [-0.15, -0.1) is 11.3 Å². The Morgan fingerprint density at radius 3 is 2.89 bits per heavy atom. The minimum atomic E-state index is -0.492. The van der Waals surface area contributed by atoms with Gasteiger partial charge in [0.15, 0.2) is 0 Å². The van der Waals surface area contributed by atoms with E-state index in [0.29, 0.717) is 27.0 Å². The number of carbonyl (C=O) groups excluding carboxylic acids is 2. The van der Waals surface area contributed by atoms with Crippen LogP contribution in [-0.2, 0) is 4.74 Å². The second-order valence-corrected chi connectivity index (χ2v) is 6.65. The van der Waals surface area contributed by atoms with Crippen LogP contribution in [-0.4, -0.2) is 24.7 Å². The predicted octanol–water partition coefficient (Wildman–Crippen LogP) is 4.60. The smallest absolute Gasteiger partial charge is 0.339 e. The highest BCUT2D eigenvalue weighted by Crippen LogP contribution is 2.27. The lowest BCUT2D eigenvalue weighted by molar-refractivity contribution is 0.0526. The Kier molecular flexibility index (Phi) is 6.05. The molecule has 2 aromatic heterocycles. The number of furan rings is 1. The van der Waals surface area contributed by atoms with Crippen LogP contribution < -0.4 is 5.43 Å². The van der Waals surface area contributed by atoms with Gasteiger partial charge in [-0.05, 0) is 48.7 Å². The van der Waals surface area contributed by atoms with Gasteiger partial charge >= 0.3 is 5.97 Å². The van der Waals surface area contributed by atoms with Gasteiger partial charge in [0, 0.05) is 5.56 Å². The van der Waals surface area contributed by atoms with Gasteiger partial charge < -0.3 is 9.15 Å². The Morgan fingerprint density at radius 2 is 2.15 bits per heavy atom. The highest BCUT2D eigenvalue weighted by Gasteiger charge is 2.14. The molecule has 0 spiro atoms. The van der Waals surface area contributed by atoms with Crippen molar-refractivity contribution >= 4 is 41.0 Å². The van der Waals surface area contributed by atoms with Crippen molar-refractivity contribution in [1.82, 2.24) is 5.43 Å². The predicted molar refractivity (Wildman–Crippen MR) is 104 cm³/mol. The van der Waals surface area contributed by atoms with Crippen molar-refractivity contribution < 1.29 is 18.7 Å². The third-order valence-electron chi connectivity index (χ3n) is 3.48. The average Bonchev–Trinajstić information content (AvgIpc) is 3.34. The number of esters is 1. The maximum absolute atomic E-state index is 12.0. The minimum absolute atomic E-state index is 0.262. The van der Waals surface area contributed by atoms with Crippen LogP contribution in [0.5, 0.6) is 0 Å². The number of hydrogen-bond donors (Lipinski definition) is 1. The molecule has 0 fully saturated rings. The van der Waals surface area contributed by atoms with Crippen molar-refractivity contribution in [2.75, 3.05) is 6.61 Å². The number of thiophene rings is 1. The van der Waals surface area contributed by atoms with Crippen LogP contribution in [0.2, 0.25) is 5.02 Å². The Balaban J connectivity index is 1.72. The van der Waals surface area contributed by atoms with Gasteiger partial charge in [-0.2, -0.15) is 5.10 Å². The van der Waals surface area contributed by atoms with E-state index < -0.39 is 5.97 Å². The van der Waals surface area contributed by atoms with Gasteiger partial charge in [0.05, 0.1) is 28.3 Å². The fraction of sp³-hybridized carbons (Fsp3) is 0.105. The Labute approximate surface area is 164 Å². The molecule has 0 aliphatic heterocycles. The zero-order chi connectivity index (χ0) is 19.2. The summed E-state index contributed by atoms with van der Waals surface area (Å²) in [4.78, 5) is 24.3. The summed E-state index contributed by atoms with van der Waals surface area (Å²) in [5, 5.41) is 6.00. The molecule has 0 saturated heterocycles. The van der Waals surface area contributed by atoms with Crippen LogP contribution in [0.1, 0.15) is 32.7 Å². The Bertz CT molecular complexity index is 980. The number of hydrogen-bond acceptors (Lipinski definition) is 6. The molecule has 3 rings (SSSR count). The maximum atomic E-state index is 12.0. The Morgan fingerprint density at radius 1 is 1.30 bits per heavy atom. The summed E-state index contributed by atoms with van der Waals surface area (Å²) < 4.78 is 10.7. The van der Waals surface area contributed by atoms with E-state index in [2.05, 4.69) is 10.5 Å². The highest BCUT2D eigenvalue weighted by molar-refractivity contribution is 7.12. The van der Waals surface area contributed by atoms with Crippen LogP contribution in [0.3, 0.4) is 0 Å². The van der Waals surface area contributed by atoms with Crippen molar-refractivity contribution in [3.8, 4) is 11.3 Å². The van der Waals surface area contributed by atoms with Gasteiger partial charge in [-0.3, -0.25) is 4.79 Å². The number of halogens is 1. The zero-order valence-electron chi connectivity index (χ0n) is 14.3. The van der Waals surface area contributed by atoms with E-state index in [4.69, 9.17) is 20.8 Å². The summed E-state index contributed by atoms with van der Waals surface area (Å²) in [6.07, 6.45) is 1.40. The molecule has 0 radical (unpaired) electrons. The van der Waals surface area contributed by atoms with E-state index in [-0.39, 0.29) is 18.1 Å². The van der Waals surface area contributed by atoms with Gasteiger partial charge in [0.1, 0.15) is 11.5 Å². The molecule has 1 aromatic carbocycles. The first kappa shape index (κ1) is 18.9. The molecule has 0 saturated carbocycles. The monoisotopic (exact) mass is 402 g/mol. The van der Waals surface area contributed by atoms with E-state index in [9.17, 15) is 9.59 Å². The third-order valence-corrected chi connectivity index (χ3v) is 4.67. The summed E-state index contributed by atoms with van der Waals surface area (Å²) in [6, 6.07) is 11.9. The second-order valence-electron chi connectivity index (χ2n) is 5.29. The molecule has 6 nitrogen and oxygen atoms in total. The molecule has 0 aliphatic rings. The first-order valence-electron chi connectivity index (χ1n) is 8.02. The molecule has 27 heavy (non-hydrogen) atoms. The third kappa shape index (κ3) is 4.64. The standard InChI is InChI=1S/C19H15ClN2O4S/c1-2-25-19(24)14-10-12(5-7-15(14)20)16-8-6-13(26-16)11-21-22-18(23)17-4-3-9-27-17/h3-11H,2H2,1H3,(H,22,23)/b21-11-. The first-order chi connectivity index (χ1) is 13.1. The van der Waals surface area contributed by atoms with Crippen LogP contribution in [0.15, 0.2) is 57.4 Å². The lowest BCUT2D eigenvalue weighted by Crippen LogP contribution is -2.15. The normalized spacial score (nSPS) is 10.9. The molecule has 3 aromatic rings. The number of amides is 1. The minimum Gasteiger partial charge on any atom is -0.462 e. The Hall–Kier alpha value is -2.90. The summed E-state index contributed by atoms with van der Waals surface area (Å²) in [7, 11) is 0. The first-order valence-corrected chi connectivity index (χ1v) is 9.28. The molecule has 1 N–H and O–H groups in total. The van der Waals surface area contributed by atoms with E-state index >= 15 is 0 Å². The fourth-order valence-corrected chi connectivity index (χ4v) is 3.05. The summed E-state index contributed by atoms with van der Waals surface area (Å²) >= 11 is 7.40. The molecule has 0 bridgehead atoms. The molecule has 0 unspecified atom stereocenters. The van der Waals surface area contributed by atoms with Gasteiger partial charge in [-0.25, -0.2) is 10.2 Å². The van der Waals surface area contributed by atoms with Crippen molar-refractivity contribution in [3.63, 3.8) is 0 Å². The van der Waals surface area contributed by atoms with Crippen LogP contribution in [0, 0.1) is 0 Å². The maximum Gasteiger partial charge on any atom is 0.339 e. The number of carbonyl (C=O) groups is 2. The molecular weight excluding hydrogens is 388 g/mol. The fourth-order valence-electron chi connectivity index (χ4n) is 2.24. The second kappa shape index (κ2) is 8.66. The molecule has 0 atom stereocenters. The van der Waals surface area contributed by atoms with Crippen LogP contribution in [0.4, 0.5) is 0 Å². The topological polar surface area (TPSA) is 80.9 Å². The molecule has 2 heterocycles. The molecule has 8 heteroatoms. The number of nitrogens with zero attached hydrogens (tertiary/aromatic N) is 1. The summed E-state index contributed by atoms with van der Waals surface area (Å²) in [5.41, 5.74) is 3.37. The number of rotatable bonds is 6. The summed E-state index contributed by atoms with van der Waals surface area (Å²) in [5.74, 6) is 0.200. The molecule has 0 aliphatic carbocycles. The van der Waals surface area contributed by atoms with Gasteiger partial charge in [0.2, 0.25) is 0 Å². The molecule has 1 amide bonds.